The van der Waals surface area contributed by atoms with Gasteiger partial charge < -0.3 is 4.98 Å². The summed E-state index contributed by atoms with van der Waals surface area (Å²) in [6, 6.07) is 4.04. The van der Waals surface area contributed by atoms with Gasteiger partial charge in [-0.1, -0.05) is 6.42 Å². The normalized spacial score (nSPS) is 22.0. The van der Waals surface area contributed by atoms with Crippen molar-refractivity contribution in [3.63, 3.8) is 0 Å². The highest BCUT2D eigenvalue weighted by Crippen LogP contribution is 2.35. The Hall–Kier alpha value is -1.40. The number of hydrogen-bond acceptors (Lipinski definition) is 3. The van der Waals surface area contributed by atoms with E-state index in [-0.39, 0.29) is 5.25 Å². The van der Waals surface area contributed by atoms with Gasteiger partial charge in [0.2, 0.25) is 10.0 Å². The van der Waals surface area contributed by atoms with Crippen molar-refractivity contribution in [2.75, 3.05) is 13.1 Å². The number of fused-ring (bicyclic) bond motifs is 1. The number of nitrogens with zero attached hydrogens (tertiary/aromatic N) is 2. The zero-order chi connectivity index (χ0) is 15.2. The molecule has 0 bridgehead atoms. The molecule has 1 saturated heterocycles. The SMILES string of the molecule is O=S(=O)(C1CCC1)N1CCC(c2c[nH]c3ncccc23)CC1. The standard InChI is InChI=1S/C16H21N3O2S/c20-22(21,13-3-1-4-13)19-9-6-12(7-10-19)15-11-18-16-14(15)5-2-8-17-16/h2,5,8,11-13H,1,3-4,6-7,9-10H2,(H,17,18). The monoisotopic (exact) mass is 319 g/mol. The summed E-state index contributed by atoms with van der Waals surface area (Å²) >= 11 is 0. The smallest absolute Gasteiger partial charge is 0.216 e. The molecule has 0 amide bonds. The summed E-state index contributed by atoms with van der Waals surface area (Å²) in [5.74, 6) is 0.422. The molecule has 1 aliphatic carbocycles. The predicted molar refractivity (Wildman–Crippen MR) is 86.2 cm³/mol. The van der Waals surface area contributed by atoms with Crippen LogP contribution in [-0.2, 0) is 10.0 Å². The lowest BCUT2D eigenvalue weighted by Gasteiger charge is -2.36. The van der Waals surface area contributed by atoms with Crippen molar-refractivity contribution in [2.45, 2.75) is 43.3 Å². The number of aromatic nitrogens is 2. The lowest BCUT2D eigenvalue weighted by Crippen LogP contribution is -2.45. The third kappa shape index (κ3) is 2.25. The number of H-pyrrole nitrogens is 1. The van der Waals surface area contributed by atoms with E-state index in [9.17, 15) is 8.42 Å². The summed E-state index contributed by atoms with van der Waals surface area (Å²) in [5.41, 5.74) is 2.20. The molecule has 0 atom stereocenters. The van der Waals surface area contributed by atoms with Crippen LogP contribution in [0, 0.1) is 0 Å². The van der Waals surface area contributed by atoms with E-state index in [1.807, 2.05) is 12.3 Å². The predicted octanol–water partition coefficient (Wildman–Crippen LogP) is 2.62. The van der Waals surface area contributed by atoms with E-state index in [0.29, 0.717) is 19.0 Å². The molecule has 5 nitrogen and oxygen atoms in total. The third-order valence-electron chi connectivity index (χ3n) is 5.21. The number of rotatable bonds is 3. The van der Waals surface area contributed by atoms with Crippen LogP contribution >= 0.6 is 0 Å². The molecule has 0 radical (unpaired) electrons. The Kier molecular flexibility index (Phi) is 3.46. The number of piperidine rings is 1. The second-order valence-electron chi connectivity index (χ2n) is 6.41. The zero-order valence-corrected chi connectivity index (χ0v) is 13.3. The number of hydrogen-bond donors (Lipinski definition) is 1. The number of nitrogens with one attached hydrogen (secondary N) is 1. The second-order valence-corrected chi connectivity index (χ2v) is 8.63. The van der Waals surface area contributed by atoms with Gasteiger partial charge in [0, 0.05) is 30.9 Å². The number of aromatic amines is 1. The molecule has 118 valence electrons. The minimum absolute atomic E-state index is 0.110. The molecule has 2 aromatic rings. The Bertz CT molecular complexity index is 772. The summed E-state index contributed by atoms with van der Waals surface area (Å²) < 4.78 is 26.7. The quantitative estimate of drug-likeness (QED) is 0.945. The molecule has 2 aromatic heterocycles. The first kappa shape index (κ1) is 14.2. The van der Waals surface area contributed by atoms with Crippen molar-refractivity contribution >= 4 is 21.1 Å². The fourth-order valence-corrected chi connectivity index (χ4v) is 5.69. The van der Waals surface area contributed by atoms with Gasteiger partial charge in [0.25, 0.3) is 0 Å². The lowest BCUT2D eigenvalue weighted by molar-refractivity contribution is 0.308. The third-order valence-corrected chi connectivity index (χ3v) is 7.61. The average Bonchev–Trinajstić information content (AvgIpc) is 2.89. The van der Waals surface area contributed by atoms with Gasteiger partial charge in [-0.05, 0) is 49.3 Å². The molecule has 2 fully saturated rings. The van der Waals surface area contributed by atoms with Crippen LogP contribution < -0.4 is 0 Å². The summed E-state index contributed by atoms with van der Waals surface area (Å²) in [5, 5.41) is 1.06. The molecule has 0 spiro atoms. The van der Waals surface area contributed by atoms with E-state index < -0.39 is 10.0 Å². The van der Waals surface area contributed by atoms with Gasteiger partial charge in [-0.25, -0.2) is 17.7 Å². The van der Waals surface area contributed by atoms with Crippen molar-refractivity contribution < 1.29 is 8.42 Å². The first-order chi connectivity index (χ1) is 10.7. The maximum Gasteiger partial charge on any atom is 0.216 e. The van der Waals surface area contributed by atoms with Gasteiger partial charge in [0.05, 0.1) is 5.25 Å². The summed E-state index contributed by atoms with van der Waals surface area (Å²) in [7, 11) is -3.05. The first-order valence-corrected chi connectivity index (χ1v) is 9.57. The molecular weight excluding hydrogens is 298 g/mol. The van der Waals surface area contributed by atoms with E-state index >= 15 is 0 Å². The zero-order valence-electron chi connectivity index (χ0n) is 12.5. The Morgan fingerprint density at radius 2 is 1.95 bits per heavy atom. The van der Waals surface area contributed by atoms with Gasteiger partial charge in [0.15, 0.2) is 0 Å². The maximum atomic E-state index is 12.5. The van der Waals surface area contributed by atoms with E-state index in [1.165, 1.54) is 10.9 Å². The molecule has 1 saturated carbocycles. The van der Waals surface area contributed by atoms with Crippen LogP contribution in [0.1, 0.15) is 43.6 Å². The van der Waals surface area contributed by atoms with Crippen molar-refractivity contribution in [1.82, 2.24) is 14.3 Å². The Morgan fingerprint density at radius 1 is 1.18 bits per heavy atom. The fraction of sp³-hybridized carbons (Fsp3) is 0.562. The van der Waals surface area contributed by atoms with Crippen LogP contribution in [0.25, 0.3) is 11.0 Å². The molecule has 3 heterocycles. The van der Waals surface area contributed by atoms with Crippen molar-refractivity contribution in [3.05, 3.63) is 30.1 Å². The van der Waals surface area contributed by atoms with E-state index in [0.717, 1.165) is 37.8 Å². The van der Waals surface area contributed by atoms with Gasteiger partial charge >= 0.3 is 0 Å². The van der Waals surface area contributed by atoms with Crippen LogP contribution in [0.4, 0.5) is 0 Å². The highest BCUT2D eigenvalue weighted by Gasteiger charge is 2.38. The molecule has 1 N–H and O–H groups in total. The molecule has 22 heavy (non-hydrogen) atoms. The summed E-state index contributed by atoms with van der Waals surface area (Å²) in [6.45, 7) is 1.30. The largest absolute Gasteiger partial charge is 0.346 e. The maximum absolute atomic E-state index is 12.5. The minimum atomic E-state index is -3.05. The van der Waals surface area contributed by atoms with Crippen LogP contribution in [0.15, 0.2) is 24.5 Å². The first-order valence-electron chi connectivity index (χ1n) is 8.07. The van der Waals surface area contributed by atoms with Crippen LogP contribution in [0.5, 0.6) is 0 Å². The average molecular weight is 319 g/mol. The van der Waals surface area contributed by atoms with E-state index in [1.54, 1.807) is 10.5 Å². The van der Waals surface area contributed by atoms with Crippen LogP contribution in [0.3, 0.4) is 0 Å². The summed E-state index contributed by atoms with van der Waals surface area (Å²) in [6.07, 6.45) is 8.37. The summed E-state index contributed by atoms with van der Waals surface area (Å²) in [4.78, 5) is 7.55. The van der Waals surface area contributed by atoms with Gasteiger partial charge in [-0.15, -0.1) is 0 Å². The second kappa shape index (κ2) is 5.35. The Morgan fingerprint density at radius 3 is 2.64 bits per heavy atom. The van der Waals surface area contributed by atoms with Gasteiger partial charge in [-0.2, -0.15) is 0 Å². The van der Waals surface area contributed by atoms with Crippen molar-refractivity contribution in [2.24, 2.45) is 0 Å². The Labute approximate surface area is 130 Å². The molecule has 0 aromatic carbocycles. The fourth-order valence-electron chi connectivity index (χ4n) is 3.62. The van der Waals surface area contributed by atoms with Crippen LogP contribution in [-0.4, -0.2) is 41.0 Å². The molecule has 2 aliphatic rings. The van der Waals surface area contributed by atoms with Crippen molar-refractivity contribution in [1.29, 1.82) is 0 Å². The molecule has 1 aliphatic heterocycles. The molecule has 6 heteroatoms. The molecule has 4 rings (SSSR count). The van der Waals surface area contributed by atoms with Crippen molar-refractivity contribution in [3.8, 4) is 0 Å². The highest BCUT2D eigenvalue weighted by atomic mass is 32.2. The van der Waals surface area contributed by atoms with Gasteiger partial charge in [0.1, 0.15) is 5.65 Å². The molecular formula is C16H21N3O2S. The van der Waals surface area contributed by atoms with Crippen LogP contribution in [0.2, 0.25) is 0 Å². The topological polar surface area (TPSA) is 66.1 Å². The highest BCUT2D eigenvalue weighted by molar-refractivity contribution is 7.89. The Balaban J connectivity index is 1.50. The van der Waals surface area contributed by atoms with E-state index in [4.69, 9.17) is 0 Å². The number of sulfonamides is 1. The number of pyridine rings is 1. The molecule has 0 unspecified atom stereocenters. The minimum Gasteiger partial charge on any atom is -0.346 e. The van der Waals surface area contributed by atoms with Gasteiger partial charge in [-0.3, -0.25) is 0 Å². The lowest BCUT2D eigenvalue weighted by atomic mass is 9.90. The van der Waals surface area contributed by atoms with E-state index in [2.05, 4.69) is 16.0 Å².